The summed E-state index contributed by atoms with van der Waals surface area (Å²) in [6, 6.07) is 8.07. The number of benzene rings is 1. The van der Waals surface area contributed by atoms with Crippen molar-refractivity contribution in [3.63, 3.8) is 0 Å². The van der Waals surface area contributed by atoms with Gasteiger partial charge in [-0.3, -0.25) is 0 Å². The average Bonchev–Trinajstić information content (AvgIpc) is 2.54. The predicted octanol–water partition coefficient (Wildman–Crippen LogP) is 4.49. The van der Waals surface area contributed by atoms with E-state index >= 15 is 0 Å². The molecular formula is C19H20N2. The lowest BCUT2D eigenvalue weighted by atomic mass is 9.96. The zero-order chi connectivity index (χ0) is 15.1. The molecule has 0 spiro atoms. The summed E-state index contributed by atoms with van der Waals surface area (Å²) in [6.45, 7) is 8.54. The van der Waals surface area contributed by atoms with E-state index in [9.17, 15) is 0 Å². The summed E-state index contributed by atoms with van der Waals surface area (Å²) >= 11 is 0. The Morgan fingerprint density at radius 1 is 1.19 bits per heavy atom. The van der Waals surface area contributed by atoms with E-state index in [1.165, 1.54) is 0 Å². The Balaban J connectivity index is 2.03. The van der Waals surface area contributed by atoms with E-state index in [2.05, 4.69) is 41.9 Å². The summed E-state index contributed by atoms with van der Waals surface area (Å²) in [5.74, 6) is 2.73. The third-order valence-electron chi connectivity index (χ3n) is 3.27. The fraction of sp³-hybridized carbons (Fsp3) is 0.158. The minimum Gasteiger partial charge on any atom is -0.382 e. The molecule has 2 heteroatoms. The van der Waals surface area contributed by atoms with Crippen molar-refractivity contribution in [3.8, 4) is 12.3 Å². The highest BCUT2D eigenvalue weighted by Crippen LogP contribution is 2.25. The van der Waals surface area contributed by atoms with Crippen LogP contribution >= 0.6 is 0 Å². The number of rotatable bonds is 6. The predicted molar refractivity (Wildman–Crippen MR) is 92.1 cm³/mol. The SMILES string of the molecule is C#CC1=CCCC=C1C(=C)Nc1ccc(NCC=C)cc1. The van der Waals surface area contributed by atoms with Crippen LogP contribution in [0.25, 0.3) is 0 Å². The van der Waals surface area contributed by atoms with Crippen molar-refractivity contribution >= 4 is 11.4 Å². The van der Waals surface area contributed by atoms with Gasteiger partial charge in [0.2, 0.25) is 0 Å². The van der Waals surface area contributed by atoms with E-state index < -0.39 is 0 Å². The van der Waals surface area contributed by atoms with E-state index in [0.717, 1.165) is 47.6 Å². The van der Waals surface area contributed by atoms with Crippen LogP contribution in [0.4, 0.5) is 11.4 Å². The number of nitrogens with one attached hydrogen (secondary N) is 2. The molecule has 0 aliphatic heterocycles. The Kier molecular flexibility index (Phi) is 5.06. The van der Waals surface area contributed by atoms with Crippen LogP contribution in [0.5, 0.6) is 0 Å². The molecule has 0 fully saturated rings. The number of terminal acetylenes is 1. The lowest BCUT2D eigenvalue weighted by Crippen LogP contribution is -2.05. The molecular weight excluding hydrogens is 256 g/mol. The number of allylic oxidation sites excluding steroid dienone is 3. The topological polar surface area (TPSA) is 24.1 Å². The first-order valence-corrected chi connectivity index (χ1v) is 7.03. The molecule has 106 valence electrons. The quantitative estimate of drug-likeness (QED) is 0.591. The molecule has 2 N–H and O–H groups in total. The second kappa shape index (κ2) is 7.21. The summed E-state index contributed by atoms with van der Waals surface area (Å²) in [5, 5.41) is 6.55. The third-order valence-corrected chi connectivity index (χ3v) is 3.27. The monoisotopic (exact) mass is 276 g/mol. The van der Waals surface area contributed by atoms with Gasteiger partial charge in [-0.25, -0.2) is 0 Å². The Morgan fingerprint density at radius 3 is 2.52 bits per heavy atom. The molecule has 1 aromatic carbocycles. The highest BCUT2D eigenvalue weighted by atomic mass is 14.9. The summed E-state index contributed by atoms with van der Waals surface area (Å²) in [4.78, 5) is 0. The molecule has 1 aliphatic rings. The van der Waals surface area contributed by atoms with Crippen molar-refractivity contribution in [1.29, 1.82) is 0 Å². The van der Waals surface area contributed by atoms with Crippen LogP contribution in [0.1, 0.15) is 12.8 Å². The van der Waals surface area contributed by atoms with Gasteiger partial charge in [0.1, 0.15) is 0 Å². The second-order valence-electron chi connectivity index (χ2n) is 4.81. The number of hydrogen-bond donors (Lipinski definition) is 2. The minimum atomic E-state index is 0.753. The lowest BCUT2D eigenvalue weighted by molar-refractivity contribution is 1.01. The molecule has 0 amide bonds. The van der Waals surface area contributed by atoms with Crippen LogP contribution in [0, 0.1) is 12.3 Å². The van der Waals surface area contributed by atoms with Crippen molar-refractivity contribution in [1.82, 2.24) is 0 Å². The van der Waals surface area contributed by atoms with Crippen molar-refractivity contribution in [2.45, 2.75) is 12.8 Å². The summed E-state index contributed by atoms with van der Waals surface area (Å²) in [7, 11) is 0. The maximum Gasteiger partial charge on any atom is 0.0394 e. The van der Waals surface area contributed by atoms with Crippen molar-refractivity contribution in [3.05, 3.63) is 72.5 Å². The van der Waals surface area contributed by atoms with Crippen LogP contribution in [0.15, 0.2) is 72.5 Å². The van der Waals surface area contributed by atoms with Gasteiger partial charge in [-0.15, -0.1) is 13.0 Å². The number of hydrogen-bond acceptors (Lipinski definition) is 2. The zero-order valence-electron chi connectivity index (χ0n) is 12.2. The standard InChI is InChI=1S/C19H20N2/c1-4-14-20-17-10-12-18(13-11-17)21-15(3)19-9-7-6-8-16(19)5-2/h2,4,8-13,20-21H,1,3,6-7,14H2. The first-order valence-electron chi connectivity index (χ1n) is 7.03. The average molecular weight is 276 g/mol. The van der Waals surface area contributed by atoms with Crippen LogP contribution < -0.4 is 10.6 Å². The van der Waals surface area contributed by atoms with E-state index in [-0.39, 0.29) is 0 Å². The minimum absolute atomic E-state index is 0.753. The molecule has 0 aromatic heterocycles. The molecule has 0 saturated heterocycles. The van der Waals surface area contributed by atoms with Gasteiger partial charge in [0.05, 0.1) is 0 Å². The van der Waals surface area contributed by atoms with E-state index in [4.69, 9.17) is 6.42 Å². The molecule has 0 bridgehead atoms. The molecule has 2 rings (SSSR count). The first kappa shape index (κ1) is 14.7. The smallest absolute Gasteiger partial charge is 0.0394 e. The normalized spacial score (nSPS) is 13.5. The van der Waals surface area contributed by atoms with E-state index in [0.29, 0.717) is 0 Å². The number of anilines is 2. The van der Waals surface area contributed by atoms with Gasteiger partial charge in [-0.2, -0.15) is 0 Å². The van der Waals surface area contributed by atoms with Crippen LogP contribution in [0.2, 0.25) is 0 Å². The molecule has 1 aromatic rings. The molecule has 1 aliphatic carbocycles. The van der Waals surface area contributed by atoms with Gasteiger partial charge in [0.15, 0.2) is 0 Å². The molecule has 0 saturated carbocycles. The van der Waals surface area contributed by atoms with Gasteiger partial charge < -0.3 is 10.6 Å². The maximum atomic E-state index is 5.55. The fourth-order valence-corrected chi connectivity index (χ4v) is 2.20. The summed E-state index contributed by atoms with van der Waals surface area (Å²) in [6.07, 6.45) is 13.6. The first-order chi connectivity index (χ1) is 10.2. The third kappa shape index (κ3) is 3.90. The molecule has 2 nitrogen and oxygen atoms in total. The van der Waals surface area contributed by atoms with Crippen LogP contribution in [0.3, 0.4) is 0 Å². The van der Waals surface area contributed by atoms with Crippen molar-refractivity contribution in [2.75, 3.05) is 17.2 Å². The van der Waals surface area contributed by atoms with E-state index in [1.807, 2.05) is 30.3 Å². The zero-order valence-corrected chi connectivity index (χ0v) is 12.2. The largest absolute Gasteiger partial charge is 0.382 e. The Hall–Kier alpha value is -2.66. The van der Waals surface area contributed by atoms with Gasteiger partial charge in [-0.05, 0) is 37.1 Å². The highest BCUT2D eigenvalue weighted by Gasteiger charge is 2.10. The van der Waals surface area contributed by atoms with E-state index in [1.54, 1.807) is 0 Å². The van der Waals surface area contributed by atoms with Gasteiger partial charge in [-0.1, -0.05) is 30.7 Å². The van der Waals surface area contributed by atoms with Crippen molar-refractivity contribution in [2.24, 2.45) is 0 Å². The maximum absolute atomic E-state index is 5.55. The molecule has 0 atom stereocenters. The molecule has 0 unspecified atom stereocenters. The Bertz CT molecular complexity index is 625. The summed E-state index contributed by atoms with van der Waals surface area (Å²) < 4.78 is 0. The lowest BCUT2D eigenvalue weighted by Gasteiger charge is -2.16. The Morgan fingerprint density at radius 2 is 1.86 bits per heavy atom. The fourth-order valence-electron chi connectivity index (χ4n) is 2.20. The Labute approximate surface area is 127 Å². The van der Waals surface area contributed by atoms with Crippen LogP contribution in [-0.4, -0.2) is 6.54 Å². The van der Waals surface area contributed by atoms with Gasteiger partial charge >= 0.3 is 0 Å². The molecule has 21 heavy (non-hydrogen) atoms. The van der Waals surface area contributed by atoms with Crippen LogP contribution in [-0.2, 0) is 0 Å². The molecule has 0 heterocycles. The second-order valence-corrected chi connectivity index (χ2v) is 4.81. The van der Waals surface area contributed by atoms with Gasteiger partial charge in [0, 0.05) is 34.8 Å². The highest BCUT2D eigenvalue weighted by molar-refractivity contribution is 5.63. The van der Waals surface area contributed by atoms with Gasteiger partial charge in [0.25, 0.3) is 0 Å². The molecule has 0 radical (unpaired) electrons. The summed E-state index contributed by atoms with van der Waals surface area (Å²) in [5.41, 5.74) is 4.84. The van der Waals surface area contributed by atoms with Crippen molar-refractivity contribution < 1.29 is 0 Å².